The molecule has 2 aliphatic heterocycles. The molecule has 5 rings (SSSR count). The second kappa shape index (κ2) is 11.7. The van der Waals surface area contributed by atoms with Crippen molar-refractivity contribution in [2.75, 3.05) is 23.0 Å². The number of carbonyl (C=O) groups is 3. The minimum atomic E-state index is -1.20. The van der Waals surface area contributed by atoms with E-state index in [9.17, 15) is 19.5 Å². The summed E-state index contributed by atoms with van der Waals surface area (Å²) in [5.74, 6) is -0.827. The zero-order valence-electron chi connectivity index (χ0n) is 19.8. The Balaban J connectivity index is 1.21. The van der Waals surface area contributed by atoms with Crippen LogP contribution in [-0.4, -0.2) is 71.5 Å². The van der Waals surface area contributed by atoms with Gasteiger partial charge in [0.05, 0.1) is 16.8 Å². The van der Waals surface area contributed by atoms with Crippen LogP contribution in [0.1, 0.15) is 0 Å². The van der Waals surface area contributed by atoms with Gasteiger partial charge in [-0.1, -0.05) is 45.3 Å². The largest absolute Gasteiger partial charge is 0.477 e. The van der Waals surface area contributed by atoms with Crippen molar-refractivity contribution in [3.63, 3.8) is 0 Å². The van der Waals surface area contributed by atoms with Crippen molar-refractivity contribution in [2.24, 2.45) is 0 Å². The standard InChI is InChI=1S/C23H19Cl2N7O4S3/c24-12-3-4-13(25)14(6-12)38-9-17(33)30-18-20(34)31-19(22(35)36)11(8-39-21(18)31)2-1-5-37-23-29-15(26)7-16-27-10-28-32(16)23/h1-4,6-7,10,18,21H,5,8-9H2,(H4,26,27,28,30,33,35,36)/p+1/b2-1+/t18-,21-/m1/s1. The van der Waals surface area contributed by atoms with E-state index < -0.39 is 23.3 Å². The summed E-state index contributed by atoms with van der Waals surface area (Å²) >= 11 is 16.1. The molecule has 202 valence electrons. The molecular formula is C23H20Cl2N7O4S3+. The van der Waals surface area contributed by atoms with E-state index in [-0.39, 0.29) is 17.4 Å². The third-order valence-electron chi connectivity index (χ3n) is 5.70. The number of allylic oxidation sites excluding steroid dienone is 1. The molecule has 2 aromatic heterocycles. The number of benzene rings is 1. The van der Waals surface area contributed by atoms with Gasteiger partial charge in [-0.2, -0.15) is 0 Å². The number of carboxylic acid groups (broad SMARTS) is 1. The average molecular weight is 626 g/mol. The number of anilines is 1. The number of hydrogen-bond acceptors (Lipinski definition) is 9. The molecule has 1 saturated heterocycles. The normalized spacial score (nSPS) is 18.9. The zero-order chi connectivity index (χ0) is 27.7. The van der Waals surface area contributed by atoms with Gasteiger partial charge in [0.25, 0.3) is 11.6 Å². The number of amides is 2. The molecule has 2 atom stereocenters. The van der Waals surface area contributed by atoms with Gasteiger partial charge in [0.2, 0.25) is 11.7 Å². The topological polar surface area (TPSA) is 158 Å². The lowest BCUT2D eigenvalue weighted by Crippen LogP contribution is -2.70. The molecule has 0 saturated carbocycles. The molecule has 0 bridgehead atoms. The minimum Gasteiger partial charge on any atom is -0.477 e. The van der Waals surface area contributed by atoms with E-state index in [0.29, 0.717) is 48.6 Å². The predicted molar refractivity (Wildman–Crippen MR) is 151 cm³/mol. The number of nitrogen functional groups attached to an aromatic ring is 1. The van der Waals surface area contributed by atoms with E-state index >= 15 is 0 Å². The van der Waals surface area contributed by atoms with E-state index in [2.05, 4.69) is 20.4 Å². The van der Waals surface area contributed by atoms with E-state index in [0.717, 1.165) is 0 Å². The summed E-state index contributed by atoms with van der Waals surface area (Å²) in [7, 11) is 0. The molecule has 2 amide bonds. The van der Waals surface area contributed by atoms with Crippen LogP contribution in [0.2, 0.25) is 10.0 Å². The van der Waals surface area contributed by atoms with Gasteiger partial charge < -0.3 is 16.2 Å². The number of aromatic amines is 1. The van der Waals surface area contributed by atoms with Gasteiger partial charge in [-0.05, 0) is 35.5 Å². The number of nitrogens with two attached hydrogens (primary N) is 1. The molecule has 39 heavy (non-hydrogen) atoms. The fourth-order valence-corrected chi connectivity index (χ4v) is 7.39. The minimum absolute atomic E-state index is 0.0274. The zero-order valence-corrected chi connectivity index (χ0v) is 23.8. The van der Waals surface area contributed by atoms with Crippen LogP contribution in [0.3, 0.4) is 0 Å². The van der Waals surface area contributed by atoms with Crippen LogP contribution in [-0.2, 0) is 14.4 Å². The molecule has 0 radical (unpaired) electrons. The first-order valence-electron chi connectivity index (χ1n) is 11.3. The highest BCUT2D eigenvalue weighted by molar-refractivity contribution is 8.00. The number of nitrogens with one attached hydrogen (secondary N) is 2. The second-order valence-corrected chi connectivity index (χ2v) is 12.2. The number of halogens is 2. The maximum Gasteiger partial charge on any atom is 0.352 e. The quantitative estimate of drug-likeness (QED) is 0.121. The first-order valence-corrected chi connectivity index (χ1v) is 15.1. The fraction of sp³-hybridized carbons (Fsp3) is 0.217. The first kappa shape index (κ1) is 27.6. The number of nitrogens with zero attached hydrogens (tertiary/aromatic N) is 4. The van der Waals surface area contributed by atoms with Gasteiger partial charge in [0.1, 0.15) is 17.1 Å². The van der Waals surface area contributed by atoms with Crippen molar-refractivity contribution in [3.05, 3.63) is 64.1 Å². The van der Waals surface area contributed by atoms with Crippen LogP contribution in [0.5, 0.6) is 0 Å². The molecule has 1 fully saturated rings. The van der Waals surface area contributed by atoms with E-state index in [1.165, 1.54) is 46.5 Å². The lowest BCUT2D eigenvalue weighted by Gasteiger charge is -2.49. The van der Waals surface area contributed by atoms with Crippen LogP contribution in [0.25, 0.3) is 5.65 Å². The lowest BCUT2D eigenvalue weighted by molar-refractivity contribution is -0.622. The van der Waals surface area contributed by atoms with E-state index in [4.69, 9.17) is 28.9 Å². The number of fused-ring (bicyclic) bond motifs is 2. The van der Waals surface area contributed by atoms with Crippen molar-refractivity contribution >= 4 is 87.7 Å². The summed E-state index contributed by atoms with van der Waals surface area (Å²) in [6.45, 7) is 0. The molecule has 0 aliphatic carbocycles. The Kier molecular flexibility index (Phi) is 8.28. The molecule has 4 heterocycles. The Morgan fingerprint density at radius 1 is 1.33 bits per heavy atom. The number of carbonyl (C=O) groups excluding carboxylic acids is 2. The molecule has 5 N–H and O–H groups in total. The molecular weight excluding hydrogens is 605 g/mol. The summed E-state index contributed by atoms with van der Waals surface area (Å²) in [6, 6.07) is 5.79. The second-order valence-electron chi connectivity index (χ2n) is 8.26. The van der Waals surface area contributed by atoms with Crippen LogP contribution >= 0.6 is 58.5 Å². The maximum atomic E-state index is 12.9. The number of rotatable bonds is 9. The predicted octanol–water partition coefficient (Wildman–Crippen LogP) is 2.61. The number of β-lactam (4-membered cyclic amide) rings is 1. The monoisotopic (exact) mass is 624 g/mol. The number of thioether (sulfide) groups is 3. The highest BCUT2D eigenvalue weighted by atomic mass is 35.5. The average Bonchev–Trinajstić information content (AvgIpc) is 3.38. The molecule has 11 nitrogen and oxygen atoms in total. The number of aromatic nitrogens is 4. The summed E-state index contributed by atoms with van der Waals surface area (Å²) in [6.07, 6.45) is 5.04. The first-order chi connectivity index (χ1) is 18.7. The van der Waals surface area contributed by atoms with Crippen molar-refractivity contribution in [3.8, 4) is 0 Å². The number of aliphatic carboxylic acids is 1. The molecule has 1 aromatic carbocycles. The number of carboxylic acids is 1. The van der Waals surface area contributed by atoms with Crippen LogP contribution in [0.15, 0.2) is 64.1 Å². The van der Waals surface area contributed by atoms with E-state index in [1.54, 1.807) is 40.9 Å². The molecule has 0 unspecified atom stereocenters. The highest BCUT2D eigenvalue weighted by Crippen LogP contribution is 2.41. The Bertz CT molecular complexity index is 1550. The Labute approximate surface area is 244 Å². The molecule has 16 heteroatoms. The third-order valence-corrected chi connectivity index (χ3v) is 9.63. The van der Waals surface area contributed by atoms with Crippen LogP contribution in [0, 0.1) is 0 Å². The van der Waals surface area contributed by atoms with Crippen molar-refractivity contribution in [2.45, 2.75) is 21.5 Å². The number of hydrogen-bond donors (Lipinski definition) is 4. The van der Waals surface area contributed by atoms with Crippen LogP contribution in [0.4, 0.5) is 5.82 Å². The summed E-state index contributed by atoms with van der Waals surface area (Å²) in [5, 5.41) is 16.6. The summed E-state index contributed by atoms with van der Waals surface area (Å²) < 4.78 is 1.69. The molecule has 2 aliphatic rings. The van der Waals surface area contributed by atoms with Crippen molar-refractivity contribution < 1.29 is 24.0 Å². The Morgan fingerprint density at radius 2 is 2.15 bits per heavy atom. The fourth-order valence-electron chi connectivity index (χ4n) is 3.98. The Hall–Kier alpha value is -2.91. The lowest BCUT2D eigenvalue weighted by atomic mass is 10.0. The van der Waals surface area contributed by atoms with Gasteiger partial charge in [0, 0.05) is 21.4 Å². The third kappa shape index (κ3) is 5.84. The smallest absolute Gasteiger partial charge is 0.352 e. The van der Waals surface area contributed by atoms with Gasteiger partial charge >= 0.3 is 11.1 Å². The van der Waals surface area contributed by atoms with Gasteiger partial charge in [0.15, 0.2) is 6.33 Å². The molecule has 0 spiro atoms. The summed E-state index contributed by atoms with van der Waals surface area (Å²) in [4.78, 5) is 47.9. The van der Waals surface area contributed by atoms with Gasteiger partial charge in [-0.3, -0.25) is 14.5 Å². The highest BCUT2D eigenvalue weighted by Gasteiger charge is 2.53. The maximum absolute atomic E-state index is 12.9. The van der Waals surface area contributed by atoms with Crippen LogP contribution < -0.4 is 15.6 Å². The van der Waals surface area contributed by atoms with Gasteiger partial charge in [-0.25, -0.2) is 9.89 Å². The number of H-pyrrole nitrogens is 1. The van der Waals surface area contributed by atoms with Crippen molar-refractivity contribution in [1.29, 1.82) is 0 Å². The van der Waals surface area contributed by atoms with Crippen molar-refractivity contribution in [1.82, 2.24) is 25.3 Å². The van der Waals surface area contributed by atoms with Gasteiger partial charge in [-0.15, -0.1) is 28.0 Å². The Morgan fingerprint density at radius 3 is 2.95 bits per heavy atom. The summed E-state index contributed by atoms with van der Waals surface area (Å²) in [5.41, 5.74) is 6.90. The SMILES string of the molecule is Nc1cc2nc[nH][n+]2c(SC/C=C/C2=C(C(=O)O)N3C(=O)[C@@H](NC(=O)CSc4cc(Cl)ccc4Cl)[C@H]3SC2)n1. The molecule has 3 aromatic rings. The van der Waals surface area contributed by atoms with E-state index in [1.807, 2.05) is 0 Å².